The minimum absolute atomic E-state index is 0.0173. The Hall–Kier alpha value is -2.20. The number of hydrogen-bond donors (Lipinski definition) is 0. The number of aromatic nitrogens is 1. The third kappa shape index (κ3) is 2.30. The largest absolute Gasteiger partial charge is 0.339 e. The molecule has 0 atom stereocenters. The van der Waals surface area contributed by atoms with Crippen molar-refractivity contribution in [1.29, 1.82) is 0 Å². The summed E-state index contributed by atoms with van der Waals surface area (Å²) in [5, 5.41) is 0.644. The second-order valence-electron chi connectivity index (χ2n) is 4.66. The molecule has 1 aromatic carbocycles. The van der Waals surface area contributed by atoms with Gasteiger partial charge < -0.3 is 4.57 Å². The summed E-state index contributed by atoms with van der Waals surface area (Å²) in [4.78, 5) is 25.9. The quantitative estimate of drug-likeness (QED) is 0.692. The molecule has 100 valence electrons. The van der Waals surface area contributed by atoms with Crippen molar-refractivity contribution in [1.82, 2.24) is 4.57 Å². The maximum atomic E-state index is 12.3. The summed E-state index contributed by atoms with van der Waals surface area (Å²) in [7, 11) is 0. The van der Waals surface area contributed by atoms with Crippen molar-refractivity contribution in [2.75, 3.05) is 0 Å². The van der Waals surface area contributed by atoms with Crippen molar-refractivity contribution in [2.24, 2.45) is 0 Å². The van der Waals surface area contributed by atoms with Gasteiger partial charge in [0.05, 0.1) is 16.9 Å². The van der Waals surface area contributed by atoms with Crippen LogP contribution in [0.25, 0.3) is 10.9 Å². The van der Waals surface area contributed by atoms with E-state index in [-0.39, 0.29) is 17.8 Å². The van der Waals surface area contributed by atoms with Gasteiger partial charge in [-0.1, -0.05) is 12.1 Å². The summed E-state index contributed by atoms with van der Waals surface area (Å²) >= 11 is 1.50. The van der Waals surface area contributed by atoms with E-state index < -0.39 is 0 Å². The molecule has 3 aromatic rings. The number of benzene rings is 1. The van der Waals surface area contributed by atoms with E-state index in [1.54, 1.807) is 12.3 Å². The molecule has 0 saturated carbocycles. The molecule has 0 spiro atoms. The summed E-state index contributed by atoms with van der Waals surface area (Å²) in [6.45, 7) is 2.23. The summed E-state index contributed by atoms with van der Waals surface area (Å²) in [5.41, 5.74) is 0.776. The number of carbonyl (C=O) groups excluding carboxylic acids is 1. The number of pyridine rings is 1. The van der Waals surface area contributed by atoms with Gasteiger partial charge in [-0.2, -0.15) is 0 Å². The fourth-order valence-electron chi connectivity index (χ4n) is 2.22. The number of hydrogen-bond acceptors (Lipinski definition) is 3. The Morgan fingerprint density at radius 2 is 1.95 bits per heavy atom. The predicted molar refractivity (Wildman–Crippen MR) is 81.6 cm³/mol. The molecule has 2 aromatic heterocycles. The van der Waals surface area contributed by atoms with Crippen LogP contribution in [0.5, 0.6) is 0 Å². The molecule has 0 unspecified atom stereocenters. The van der Waals surface area contributed by atoms with Crippen molar-refractivity contribution in [3.8, 4) is 0 Å². The van der Waals surface area contributed by atoms with Crippen molar-refractivity contribution >= 4 is 28.0 Å². The average Bonchev–Trinajstić information content (AvgIpc) is 2.89. The van der Waals surface area contributed by atoms with Gasteiger partial charge in [0.2, 0.25) is 0 Å². The van der Waals surface area contributed by atoms with Crippen molar-refractivity contribution < 1.29 is 4.79 Å². The molecule has 0 N–H and O–H groups in total. The zero-order chi connectivity index (χ0) is 14.1. The summed E-state index contributed by atoms with van der Waals surface area (Å²) in [5.74, 6) is 0.0666. The van der Waals surface area contributed by atoms with Crippen LogP contribution in [-0.2, 0) is 6.54 Å². The molecule has 0 bridgehead atoms. The highest BCUT2D eigenvalue weighted by Gasteiger charge is 2.10. The molecular formula is C16H13NO2S. The SMILES string of the molecule is Cc1ccc(C(=O)Cn2ccc(=O)c3ccccc32)s1. The molecule has 0 aliphatic heterocycles. The Kier molecular flexibility index (Phi) is 3.24. The van der Waals surface area contributed by atoms with Gasteiger partial charge in [0, 0.05) is 22.5 Å². The molecule has 0 aliphatic rings. The lowest BCUT2D eigenvalue weighted by Gasteiger charge is -2.09. The second-order valence-corrected chi connectivity index (χ2v) is 5.95. The van der Waals surface area contributed by atoms with E-state index in [0.717, 1.165) is 15.3 Å². The van der Waals surface area contributed by atoms with Crippen molar-refractivity contribution in [2.45, 2.75) is 13.5 Å². The molecular weight excluding hydrogens is 270 g/mol. The molecule has 0 radical (unpaired) electrons. The van der Waals surface area contributed by atoms with Crippen LogP contribution >= 0.6 is 11.3 Å². The number of ketones is 1. The second kappa shape index (κ2) is 5.06. The fraction of sp³-hybridized carbons (Fsp3) is 0.125. The normalized spacial score (nSPS) is 10.8. The van der Waals surface area contributed by atoms with Gasteiger partial charge in [0.15, 0.2) is 11.2 Å². The molecule has 0 saturated heterocycles. The van der Waals surface area contributed by atoms with Crippen LogP contribution in [0.3, 0.4) is 0 Å². The lowest BCUT2D eigenvalue weighted by Crippen LogP contribution is -2.13. The maximum absolute atomic E-state index is 12.3. The first-order chi connectivity index (χ1) is 9.65. The number of para-hydroxylation sites is 1. The van der Waals surface area contributed by atoms with Crippen molar-refractivity contribution in [3.63, 3.8) is 0 Å². The lowest BCUT2D eigenvalue weighted by atomic mass is 10.2. The first kappa shape index (κ1) is 12.8. The van der Waals surface area contributed by atoms with Crippen LogP contribution in [0.2, 0.25) is 0 Å². The van der Waals surface area contributed by atoms with Gasteiger partial charge in [-0.25, -0.2) is 0 Å². The van der Waals surface area contributed by atoms with E-state index in [9.17, 15) is 9.59 Å². The Bertz CT molecular complexity index is 845. The average molecular weight is 283 g/mol. The Balaban J connectivity index is 2.01. The van der Waals surface area contributed by atoms with E-state index in [1.807, 2.05) is 41.8 Å². The highest BCUT2D eigenvalue weighted by molar-refractivity contribution is 7.14. The molecule has 0 fully saturated rings. The highest BCUT2D eigenvalue weighted by Crippen LogP contribution is 2.17. The van der Waals surface area contributed by atoms with Gasteiger partial charge in [-0.3, -0.25) is 9.59 Å². The summed E-state index contributed by atoms with van der Waals surface area (Å²) in [6.07, 6.45) is 1.68. The zero-order valence-corrected chi connectivity index (χ0v) is 11.8. The zero-order valence-electron chi connectivity index (χ0n) is 11.0. The van der Waals surface area contributed by atoms with Crippen LogP contribution < -0.4 is 5.43 Å². The third-order valence-electron chi connectivity index (χ3n) is 3.21. The molecule has 2 heterocycles. The molecule has 20 heavy (non-hydrogen) atoms. The van der Waals surface area contributed by atoms with E-state index in [4.69, 9.17) is 0 Å². The van der Waals surface area contributed by atoms with Crippen molar-refractivity contribution in [3.05, 3.63) is 68.6 Å². The number of nitrogens with zero attached hydrogens (tertiary/aromatic N) is 1. The number of thiophene rings is 1. The summed E-state index contributed by atoms with van der Waals surface area (Å²) < 4.78 is 1.83. The molecule has 0 amide bonds. The fourth-order valence-corrected chi connectivity index (χ4v) is 3.01. The molecule has 3 nitrogen and oxygen atoms in total. The van der Waals surface area contributed by atoms with E-state index in [0.29, 0.717) is 5.39 Å². The van der Waals surface area contributed by atoms with Crippen LogP contribution in [0.15, 0.2) is 53.5 Å². The monoisotopic (exact) mass is 283 g/mol. The van der Waals surface area contributed by atoms with E-state index in [2.05, 4.69) is 0 Å². The summed E-state index contributed by atoms with van der Waals surface area (Å²) in [6, 6.07) is 12.7. The number of carbonyl (C=O) groups is 1. The predicted octanol–water partition coefficient (Wildman–Crippen LogP) is 3.25. The highest BCUT2D eigenvalue weighted by atomic mass is 32.1. The van der Waals surface area contributed by atoms with Crippen LogP contribution in [0.1, 0.15) is 14.5 Å². The van der Waals surface area contributed by atoms with Gasteiger partial charge in [-0.15, -0.1) is 11.3 Å². The number of aryl methyl sites for hydroxylation is 1. The molecule has 0 aliphatic carbocycles. The Morgan fingerprint density at radius 1 is 1.15 bits per heavy atom. The van der Waals surface area contributed by atoms with E-state index in [1.165, 1.54) is 17.4 Å². The van der Waals surface area contributed by atoms with Crippen LogP contribution in [0.4, 0.5) is 0 Å². The molecule has 4 heteroatoms. The number of fused-ring (bicyclic) bond motifs is 1. The number of Topliss-reactive ketones (excluding diaryl/α,β-unsaturated/α-hetero) is 1. The van der Waals surface area contributed by atoms with Gasteiger partial charge in [-0.05, 0) is 31.2 Å². The first-order valence-electron chi connectivity index (χ1n) is 6.33. The van der Waals surface area contributed by atoms with E-state index >= 15 is 0 Å². The van der Waals surface area contributed by atoms with Gasteiger partial charge in [0.25, 0.3) is 0 Å². The maximum Gasteiger partial charge on any atom is 0.192 e. The van der Waals surface area contributed by atoms with Gasteiger partial charge >= 0.3 is 0 Å². The number of rotatable bonds is 3. The Labute approximate surface area is 120 Å². The lowest BCUT2D eigenvalue weighted by molar-refractivity contribution is 0.0977. The minimum atomic E-state index is -0.0173. The van der Waals surface area contributed by atoms with Crippen LogP contribution in [-0.4, -0.2) is 10.4 Å². The minimum Gasteiger partial charge on any atom is -0.339 e. The Morgan fingerprint density at radius 3 is 2.70 bits per heavy atom. The smallest absolute Gasteiger partial charge is 0.192 e. The topological polar surface area (TPSA) is 39.1 Å². The first-order valence-corrected chi connectivity index (χ1v) is 7.14. The van der Waals surface area contributed by atoms with Crippen LogP contribution in [0, 0.1) is 6.92 Å². The third-order valence-corrected chi connectivity index (χ3v) is 4.26. The van der Waals surface area contributed by atoms with Gasteiger partial charge in [0.1, 0.15) is 0 Å². The molecule has 3 rings (SSSR count). The standard InChI is InChI=1S/C16H13NO2S/c1-11-6-7-16(20-11)15(19)10-17-9-8-14(18)12-4-2-3-5-13(12)17/h2-9H,10H2,1H3.